The van der Waals surface area contributed by atoms with Crippen LogP contribution in [0, 0.1) is 30.1 Å². The van der Waals surface area contributed by atoms with Crippen molar-refractivity contribution in [2.75, 3.05) is 0 Å². The van der Waals surface area contributed by atoms with E-state index in [0.717, 1.165) is 11.1 Å². The van der Waals surface area contributed by atoms with Gasteiger partial charge in [-0.05, 0) is 25.5 Å². The van der Waals surface area contributed by atoms with Gasteiger partial charge in [0, 0.05) is 17.0 Å². The van der Waals surface area contributed by atoms with Crippen LogP contribution in [0.4, 0.5) is 0 Å². The molecule has 0 saturated heterocycles. The van der Waals surface area contributed by atoms with Crippen LogP contribution in [0.15, 0.2) is 18.2 Å². The SMILES string of the molecule is CC(=O)c1ccc(C)c(C#CC#N)c1. The minimum Gasteiger partial charge on any atom is -0.295 e. The van der Waals surface area contributed by atoms with Gasteiger partial charge in [0.1, 0.15) is 0 Å². The van der Waals surface area contributed by atoms with E-state index in [0.29, 0.717) is 5.56 Å². The highest BCUT2D eigenvalue weighted by Crippen LogP contribution is 2.10. The molecule has 14 heavy (non-hydrogen) atoms. The molecule has 0 atom stereocenters. The summed E-state index contributed by atoms with van der Waals surface area (Å²) >= 11 is 0. The highest BCUT2D eigenvalue weighted by Gasteiger charge is 2.01. The van der Waals surface area contributed by atoms with Crippen LogP contribution in [0.5, 0.6) is 0 Å². The molecule has 0 aliphatic carbocycles. The number of aryl methyl sites for hydroxylation is 1. The number of hydrogen-bond acceptors (Lipinski definition) is 2. The zero-order chi connectivity index (χ0) is 10.6. The molecule has 1 rings (SSSR count). The Kier molecular flexibility index (Phi) is 3.05. The average Bonchev–Trinajstić information content (AvgIpc) is 2.16. The zero-order valence-corrected chi connectivity index (χ0v) is 8.09. The Morgan fingerprint density at radius 1 is 1.43 bits per heavy atom. The number of nitrogens with zero attached hydrogens (tertiary/aromatic N) is 1. The lowest BCUT2D eigenvalue weighted by atomic mass is 10.0. The van der Waals surface area contributed by atoms with Crippen molar-refractivity contribution in [2.24, 2.45) is 0 Å². The largest absolute Gasteiger partial charge is 0.295 e. The van der Waals surface area contributed by atoms with Crippen molar-refractivity contribution in [3.05, 3.63) is 34.9 Å². The monoisotopic (exact) mass is 183 g/mol. The van der Waals surface area contributed by atoms with Gasteiger partial charge in [-0.2, -0.15) is 5.26 Å². The van der Waals surface area contributed by atoms with Gasteiger partial charge in [-0.1, -0.05) is 18.1 Å². The van der Waals surface area contributed by atoms with Gasteiger partial charge in [-0.3, -0.25) is 4.79 Å². The lowest BCUT2D eigenvalue weighted by molar-refractivity contribution is 0.101. The summed E-state index contributed by atoms with van der Waals surface area (Å²) in [5.74, 6) is 5.01. The quantitative estimate of drug-likeness (QED) is 0.494. The third-order valence-electron chi connectivity index (χ3n) is 1.90. The predicted octanol–water partition coefficient (Wildman–Crippen LogP) is 2.07. The highest BCUT2D eigenvalue weighted by molar-refractivity contribution is 5.94. The van der Waals surface area contributed by atoms with Crippen molar-refractivity contribution in [1.29, 1.82) is 5.26 Å². The Balaban J connectivity index is 3.23. The van der Waals surface area contributed by atoms with E-state index >= 15 is 0 Å². The molecule has 0 unspecified atom stereocenters. The van der Waals surface area contributed by atoms with Gasteiger partial charge in [0.05, 0.1) is 0 Å². The first-order chi connectivity index (χ1) is 6.65. The number of carbonyl (C=O) groups is 1. The number of rotatable bonds is 1. The van der Waals surface area contributed by atoms with Crippen LogP contribution in [0.25, 0.3) is 0 Å². The molecule has 2 heteroatoms. The fraction of sp³-hybridized carbons (Fsp3) is 0.167. The van der Waals surface area contributed by atoms with E-state index in [2.05, 4.69) is 11.8 Å². The van der Waals surface area contributed by atoms with Gasteiger partial charge >= 0.3 is 0 Å². The second kappa shape index (κ2) is 4.25. The molecule has 0 amide bonds. The summed E-state index contributed by atoms with van der Waals surface area (Å²) in [6.07, 6.45) is 0. The number of nitriles is 1. The summed E-state index contributed by atoms with van der Waals surface area (Å²) in [4.78, 5) is 11.1. The first-order valence-electron chi connectivity index (χ1n) is 4.17. The van der Waals surface area contributed by atoms with Crippen LogP contribution in [-0.4, -0.2) is 5.78 Å². The van der Waals surface area contributed by atoms with Gasteiger partial charge in [-0.25, -0.2) is 0 Å². The second-order valence-electron chi connectivity index (χ2n) is 2.95. The van der Waals surface area contributed by atoms with E-state index in [4.69, 9.17) is 5.26 Å². The maximum absolute atomic E-state index is 11.1. The van der Waals surface area contributed by atoms with Gasteiger partial charge in [-0.15, -0.1) is 0 Å². The lowest BCUT2D eigenvalue weighted by Gasteiger charge is -2.00. The Hall–Kier alpha value is -2.06. The minimum absolute atomic E-state index is 0.00464. The Bertz CT molecular complexity index is 469. The summed E-state index contributed by atoms with van der Waals surface area (Å²) in [5.41, 5.74) is 2.33. The lowest BCUT2D eigenvalue weighted by Crippen LogP contribution is -1.93. The van der Waals surface area contributed by atoms with Crippen LogP contribution < -0.4 is 0 Å². The molecule has 1 aromatic carbocycles. The van der Waals surface area contributed by atoms with E-state index in [1.165, 1.54) is 6.92 Å². The molecule has 0 fully saturated rings. The van der Waals surface area contributed by atoms with Crippen molar-refractivity contribution >= 4 is 5.78 Å². The van der Waals surface area contributed by atoms with Crippen LogP contribution >= 0.6 is 0 Å². The van der Waals surface area contributed by atoms with Crippen molar-refractivity contribution in [3.63, 3.8) is 0 Å². The average molecular weight is 183 g/mol. The number of benzene rings is 1. The standard InChI is InChI=1S/C12H9NO/c1-9-5-6-12(10(2)14)8-11(9)4-3-7-13/h5-6,8H,1-2H3. The third-order valence-corrected chi connectivity index (χ3v) is 1.90. The summed E-state index contributed by atoms with van der Waals surface area (Å²) < 4.78 is 0. The van der Waals surface area contributed by atoms with Gasteiger partial charge in [0.2, 0.25) is 0 Å². The number of Topliss-reactive ketones (excluding diaryl/α,β-unsaturated/α-hetero) is 1. The van der Waals surface area contributed by atoms with E-state index in [1.54, 1.807) is 18.2 Å². The fourth-order valence-electron chi connectivity index (χ4n) is 1.07. The molecule has 1 aromatic rings. The minimum atomic E-state index is 0.00464. The summed E-state index contributed by atoms with van der Waals surface area (Å²) in [7, 11) is 0. The van der Waals surface area contributed by atoms with Crippen molar-refractivity contribution in [3.8, 4) is 17.9 Å². The second-order valence-corrected chi connectivity index (χ2v) is 2.95. The molecule has 0 spiro atoms. The van der Waals surface area contributed by atoms with E-state index < -0.39 is 0 Å². The Morgan fingerprint density at radius 3 is 2.71 bits per heavy atom. The number of ketones is 1. The van der Waals surface area contributed by atoms with Crippen molar-refractivity contribution in [1.82, 2.24) is 0 Å². The molecule has 0 bridgehead atoms. The first-order valence-corrected chi connectivity index (χ1v) is 4.17. The summed E-state index contributed by atoms with van der Waals surface area (Å²) in [5, 5.41) is 8.31. The molecule has 68 valence electrons. The van der Waals surface area contributed by atoms with Crippen molar-refractivity contribution in [2.45, 2.75) is 13.8 Å². The van der Waals surface area contributed by atoms with Gasteiger partial charge in [0.25, 0.3) is 0 Å². The fourth-order valence-corrected chi connectivity index (χ4v) is 1.07. The number of carbonyl (C=O) groups excluding carboxylic acids is 1. The molecular formula is C12H9NO. The molecule has 0 N–H and O–H groups in total. The summed E-state index contributed by atoms with van der Waals surface area (Å²) in [6, 6.07) is 7.05. The first kappa shape index (κ1) is 10.0. The molecule has 0 heterocycles. The van der Waals surface area contributed by atoms with Crippen LogP contribution in [0.1, 0.15) is 28.4 Å². The molecule has 0 saturated carbocycles. The van der Waals surface area contributed by atoms with Gasteiger partial charge in [0.15, 0.2) is 11.9 Å². The molecule has 2 nitrogen and oxygen atoms in total. The third kappa shape index (κ3) is 2.21. The molecule has 0 aliphatic rings. The van der Waals surface area contributed by atoms with Crippen LogP contribution in [-0.2, 0) is 0 Å². The van der Waals surface area contributed by atoms with Gasteiger partial charge < -0.3 is 0 Å². The zero-order valence-electron chi connectivity index (χ0n) is 8.09. The summed E-state index contributed by atoms with van der Waals surface area (Å²) in [6.45, 7) is 3.40. The Labute approximate surface area is 83.2 Å². The van der Waals surface area contributed by atoms with Crippen molar-refractivity contribution < 1.29 is 4.79 Å². The molecular weight excluding hydrogens is 174 g/mol. The normalized spacial score (nSPS) is 8.36. The Morgan fingerprint density at radius 2 is 2.14 bits per heavy atom. The molecule has 0 radical (unpaired) electrons. The van der Waals surface area contributed by atoms with E-state index in [1.807, 2.05) is 13.0 Å². The van der Waals surface area contributed by atoms with E-state index in [-0.39, 0.29) is 5.78 Å². The topological polar surface area (TPSA) is 40.9 Å². The van der Waals surface area contributed by atoms with E-state index in [9.17, 15) is 4.79 Å². The maximum atomic E-state index is 11.1. The molecule has 0 aliphatic heterocycles. The van der Waals surface area contributed by atoms with Crippen LogP contribution in [0.3, 0.4) is 0 Å². The smallest absolute Gasteiger partial charge is 0.159 e. The predicted molar refractivity (Wildman–Crippen MR) is 53.7 cm³/mol. The highest BCUT2D eigenvalue weighted by atomic mass is 16.1. The molecule has 0 aromatic heterocycles. The maximum Gasteiger partial charge on any atom is 0.159 e. The number of hydrogen-bond donors (Lipinski definition) is 0. The van der Waals surface area contributed by atoms with Crippen LogP contribution in [0.2, 0.25) is 0 Å².